The normalized spacial score (nSPS) is 13.7. The van der Waals surface area contributed by atoms with Gasteiger partial charge >= 0.3 is 0 Å². The maximum absolute atomic E-state index is 13.9. The van der Waals surface area contributed by atoms with Crippen molar-refractivity contribution in [2.45, 2.75) is 6.42 Å². The second kappa shape index (κ2) is 5.99. The van der Waals surface area contributed by atoms with E-state index in [2.05, 4.69) is 0 Å². The van der Waals surface area contributed by atoms with Crippen molar-refractivity contribution in [2.75, 3.05) is 18.6 Å². The van der Waals surface area contributed by atoms with Gasteiger partial charge in [0.2, 0.25) is 0 Å². The number of hydrogen-bond acceptors (Lipinski definition) is 3. The fourth-order valence-electron chi connectivity index (χ4n) is 2.62. The molecule has 4 nitrogen and oxygen atoms in total. The van der Waals surface area contributed by atoms with Gasteiger partial charge in [0.25, 0.3) is 5.91 Å². The molecule has 0 radical (unpaired) electrons. The summed E-state index contributed by atoms with van der Waals surface area (Å²) in [5, 5.41) is 0. The summed E-state index contributed by atoms with van der Waals surface area (Å²) in [5.74, 6) is -5.21. The van der Waals surface area contributed by atoms with Crippen LogP contribution in [0.3, 0.4) is 0 Å². The van der Waals surface area contributed by atoms with Gasteiger partial charge in [-0.15, -0.1) is 0 Å². The van der Waals surface area contributed by atoms with Gasteiger partial charge < -0.3 is 9.64 Å². The lowest BCUT2D eigenvalue weighted by molar-refractivity contribution is 0.0952. The standard InChI is InChI=1S/C17H12F3NO3/c1-24-9-2-5-13-11(8-9)14(22)6-7-21(13)17(23)10-3-4-12(18)16(20)15(10)19/h2-5,8H,6-7H2,1H3. The number of fused-ring (bicyclic) bond motifs is 1. The first kappa shape index (κ1) is 16.0. The summed E-state index contributed by atoms with van der Waals surface area (Å²) in [5.41, 5.74) is -0.0526. The summed E-state index contributed by atoms with van der Waals surface area (Å²) in [4.78, 5) is 25.8. The molecule has 0 bridgehead atoms. The maximum Gasteiger partial charge on any atom is 0.261 e. The van der Waals surface area contributed by atoms with Gasteiger partial charge in [-0.3, -0.25) is 9.59 Å². The van der Waals surface area contributed by atoms with Crippen LogP contribution in [0.1, 0.15) is 27.1 Å². The van der Waals surface area contributed by atoms with Gasteiger partial charge in [-0.05, 0) is 30.3 Å². The number of halogens is 3. The van der Waals surface area contributed by atoms with E-state index in [1.807, 2.05) is 0 Å². The molecule has 0 spiro atoms. The molecule has 0 atom stereocenters. The smallest absolute Gasteiger partial charge is 0.261 e. The zero-order valence-corrected chi connectivity index (χ0v) is 12.6. The molecule has 0 N–H and O–H groups in total. The fraction of sp³-hybridized carbons (Fsp3) is 0.176. The highest BCUT2D eigenvalue weighted by atomic mass is 19.2. The van der Waals surface area contributed by atoms with Crippen molar-refractivity contribution in [3.63, 3.8) is 0 Å². The van der Waals surface area contributed by atoms with E-state index in [1.165, 1.54) is 24.1 Å². The van der Waals surface area contributed by atoms with Crippen molar-refractivity contribution in [3.8, 4) is 5.75 Å². The molecule has 1 aliphatic heterocycles. The molecule has 0 saturated heterocycles. The van der Waals surface area contributed by atoms with Gasteiger partial charge in [0.05, 0.1) is 18.4 Å². The molecule has 1 amide bonds. The minimum absolute atomic E-state index is 0.0232. The fourth-order valence-corrected chi connectivity index (χ4v) is 2.62. The molecule has 0 saturated carbocycles. The predicted octanol–water partition coefficient (Wildman–Crippen LogP) is 3.35. The van der Waals surface area contributed by atoms with E-state index >= 15 is 0 Å². The lowest BCUT2D eigenvalue weighted by Crippen LogP contribution is -2.38. The topological polar surface area (TPSA) is 46.6 Å². The monoisotopic (exact) mass is 335 g/mol. The van der Waals surface area contributed by atoms with E-state index in [0.717, 1.165) is 6.07 Å². The summed E-state index contributed by atoms with van der Waals surface area (Å²) >= 11 is 0. The first-order chi connectivity index (χ1) is 11.4. The zero-order valence-electron chi connectivity index (χ0n) is 12.6. The molecule has 2 aromatic rings. The van der Waals surface area contributed by atoms with Crippen LogP contribution in [0.5, 0.6) is 5.75 Å². The summed E-state index contributed by atoms with van der Waals surface area (Å²) in [6.07, 6.45) is 0.0389. The summed E-state index contributed by atoms with van der Waals surface area (Å²) in [7, 11) is 1.44. The predicted molar refractivity (Wildman–Crippen MR) is 79.9 cm³/mol. The Balaban J connectivity index is 2.06. The number of nitrogens with zero attached hydrogens (tertiary/aromatic N) is 1. The largest absolute Gasteiger partial charge is 0.497 e. The van der Waals surface area contributed by atoms with Crippen molar-refractivity contribution in [2.24, 2.45) is 0 Å². The van der Waals surface area contributed by atoms with Crippen LogP contribution in [-0.2, 0) is 0 Å². The van der Waals surface area contributed by atoms with Crippen LogP contribution in [0.15, 0.2) is 30.3 Å². The average molecular weight is 335 g/mol. The number of methoxy groups -OCH3 is 1. The second-order valence-corrected chi connectivity index (χ2v) is 5.24. The molecule has 1 aliphatic rings. The van der Waals surface area contributed by atoms with Crippen molar-refractivity contribution in [3.05, 3.63) is 58.9 Å². The minimum Gasteiger partial charge on any atom is -0.497 e. The third kappa shape index (κ3) is 2.51. The zero-order chi connectivity index (χ0) is 17.4. The quantitative estimate of drug-likeness (QED) is 0.791. The Labute approximate surface area is 135 Å². The first-order valence-electron chi connectivity index (χ1n) is 7.10. The van der Waals surface area contributed by atoms with E-state index in [4.69, 9.17) is 4.74 Å². The molecular formula is C17H12F3NO3. The van der Waals surface area contributed by atoms with Gasteiger partial charge in [-0.2, -0.15) is 0 Å². The van der Waals surface area contributed by atoms with Crippen LogP contribution < -0.4 is 9.64 Å². The number of carbonyl (C=O) groups is 2. The lowest BCUT2D eigenvalue weighted by Gasteiger charge is -2.29. The number of hydrogen-bond donors (Lipinski definition) is 0. The van der Waals surface area contributed by atoms with Crippen molar-refractivity contribution in [1.29, 1.82) is 0 Å². The van der Waals surface area contributed by atoms with Gasteiger partial charge in [0.1, 0.15) is 5.75 Å². The molecule has 0 unspecified atom stereocenters. The van der Waals surface area contributed by atoms with Gasteiger partial charge in [-0.1, -0.05) is 0 Å². The van der Waals surface area contributed by atoms with E-state index in [1.54, 1.807) is 6.07 Å². The Morgan fingerprint density at radius 2 is 1.88 bits per heavy atom. The SMILES string of the molecule is COc1ccc2c(c1)C(=O)CCN2C(=O)c1ccc(F)c(F)c1F. The lowest BCUT2D eigenvalue weighted by atomic mass is 9.99. The Bertz CT molecular complexity index is 851. The molecule has 1 heterocycles. The summed E-state index contributed by atoms with van der Waals surface area (Å²) in [6, 6.07) is 6.12. The Hall–Kier alpha value is -2.83. The first-order valence-corrected chi connectivity index (χ1v) is 7.10. The molecule has 7 heteroatoms. The number of anilines is 1. The number of carbonyl (C=O) groups excluding carboxylic acids is 2. The van der Waals surface area contributed by atoms with Crippen molar-refractivity contribution < 1.29 is 27.5 Å². The number of ether oxygens (including phenoxy) is 1. The van der Waals surface area contributed by atoms with Crippen LogP contribution in [0.2, 0.25) is 0 Å². The average Bonchev–Trinajstić information content (AvgIpc) is 2.59. The number of Topliss-reactive ketones (excluding diaryl/α,β-unsaturated/α-hetero) is 1. The van der Waals surface area contributed by atoms with Crippen molar-refractivity contribution >= 4 is 17.4 Å². The highest BCUT2D eigenvalue weighted by molar-refractivity contribution is 6.13. The molecule has 24 heavy (non-hydrogen) atoms. The minimum atomic E-state index is -1.70. The molecular weight excluding hydrogens is 323 g/mol. The van der Waals surface area contributed by atoms with Crippen LogP contribution in [0.4, 0.5) is 18.9 Å². The van der Waals surface area contributed by atoms with E-state index in [-0.39, 0.29) is 30.0 Å². The third-order valence-electron chi connectivity index (χ3n) is 3.87. The van der Waals surface area contributed by atoms with Crippen LogP contribution in [-0.4, -0.2) is 25.3 Å². The van der Waals surface area contributed by atoms with E-state index in [9.17, 15) is 22.8 Å². The second-order valence-electron chi connectivity index (χ2n) is 5.24. The number of amides is 1. The van der Waals surface area contributed by atoms with Crippen molar-refractivity contribution in [1.82, 2.24) is 0 Å². The molecule has 0 fully saturated rings. The Kier molecular flexibility index (Phi) is 4.01. The summed E-state index contributed by atoms with van der Waals surface area (Å²) in [6.45, 7) is 0.0232. The number of rotatable bonds is 2. The Morgan fingerprint density at radius 3 is 2.58 bits per heavy atom. The Morgan fingerprint density at radius 1 is 1.12 bits per heavy atom. The molecule has 3 rings (SSSR count). The molecule has 124 valence electrons. The van der Waals surface area contributed by atoms with Crippen LogP contribution >= 0.6 is 0 Å². The number of benzene rings is 2. The van der Waals surface area contributed by atoms with E-state index < -0.39 is 28.9 Å². The highest BCUT2D eigenvalue weighted by Crippen LogP contribution is 2.32. The van der Waals surface area contributed by atoms with Crippen LogP contribution in [0.25, 0.3) is 0 Å². The highest BCUT2D eigenvalue weighted by Gasteiger charge is 2.30. The van der Waals surface area contributed by atoms with Gasteiger partial charge in [0.15, 0.2) is 23.2 Å². The molecule has 0 aromatic heterocycles. The van der Waals surface area contributed by atoms with Gasteiger partial charge in [-0.25, -0.2) is 13.2 Å². The number of ketones is 1. The molecule has 0 aliphatic carbocycles. The van der Waals surface area contributed by atoms with Crippen LogP contribution in [0, 0.1) is 17.5 Å². The molecule has 2 aromatic carbocycles. The third-order valence-corrected chi connectivity index (χ3v) is 3.87. The maximum atomic E-state index is 13.9. The summed E-state index contributed by atoms with van der Waals surface area (Å²) < 4.78 is 45.4. The van der Waals surface area contributed by atoms with Gasteiger partial charge in [0, 0.05) is 18.5 Å². The van der Waals surface area contributed by atoms with E-state index in [0.29, 0.717) is 11.8 Å².